The number of ether oxygens (including phenoxy) is 3. The van der Waals surface area contributed by atoms with Gasteiger partial charge in [0.2, 0.25) is 0 Å². The van der Waals surface area contributed by atoms with Crippen LogP contribution in [0.15, 0.2) is 66.8 Å². The minimum atomic E-state index is -8.72. The summed E-state index contributed by atoms with van der Waals surface area (Å²) < 4.78 is 285. The average molecular weight is 1020 g/mol. The van der Waals surface area contributed by atoms with Gasteiger partial charge in [-0.25, -0.2) is 18.4 Å². The molecule has 0 unspecified atom stereocenters. The van der Waals surface area contributed by atoms with Gasteiger partial charge in [0.05, 0.1) is 12.3 Å². The predicted molar refractivity (Wildman–Crippen MR) is 203 cm³/mol. The van der Waals surface area contributed by atoms with Gasteiger partial charge in [0.25, 0.3) is 0 Å². The van der Waals surface area contributed by atoms with Gasteiger partial charge in [-0.1, -0.05) is 58.1 Å². The van der Waals surface area contributed by atoms with Crippen LogP contribution in [0.2, 0.25) is 17.1 Å². The van der Waals surface area contributed by atoms with E-state index < -0.39 is 128 Å². The zero-order valence-corrected chi connectivity index (χ0v) is 36.5. The molecule has 27 heteroatoms. The molecule has 1 atom stereocenters. The maximum atomic E-state index is 15.0. The summed E-state index contributed by atoms with van der Waals surface area (Å²) in [6, 6.07) is 6.15. The van der Waals surface area contributed by atoms with Crippen LogP contribution in [0.1, 0.15) is 59.1 Å². The lowest BCUT2D eigenvalue weighted by Gasteiger charge is -2.44. The van der Waals surface area contributed by atoms with Crippen LogP contribution in [0.3, 0.4) is 0 Å². The summed E-state index contributed by atoms with van der Waals surface area (Å²) in [5.74, 6) is -59.9. The topological polar surface area (TPSA) is 83.1 Å². The molecule has 67 heavy (non-hydrogen) atoms. The Morgan fingerprint density at radius 3 is 1.70 bits per heavy atom. The van der Waals surface area contributed by atoms with E-state index in [2.05, 4.69) is 11.9 Å². The first-order valence-corrected chi connectivity index (χ1v) is 21.5. The third-order valence-corrected chi connectivity index (χ3v) is 15.9. The highest BCUT2D eigenvalue weighted by atomic mass is 28.4. The van der Waals surface area contributed by atoms with Gasteiger partial charge >= 0.3 is 59.7 Å². The molecule has 0 heterocycles. The lowest BCUT2D eigenvalue weighted by molar-refractivity contribution is -0.461. The highest BCUT2D eigenvalue weighted by molar-refractivity contribution is 6.76. The molecule has 0 aliphatic heterocycles. The smallest absolute Gasteiger partial charge is 0.460 e. The molecule has 1 amide bonds. The number of alkyl halides is 17. The number of hydrogen-bond donors (Lipinski definition) is 1. The van der Waals surface area contributed by atoms with E-state index in [0.717, 1.165) is 18.2 Å². The summed E-state index contributed by atoms with van der Waals surface area (Å²) in [4.78, 5) is 24.8. The van der Waals surface area contributed by atoms with Crippen LogP contribution < -0.4 is 10.1 Å². The van der Waals surface area contributed by atoms with Crippen LogP contribution in [0.25, 0.3) is 0 Å². The molecule has 2 aromatic carbocycles. The molecule has 0 bridgehead atoms. The van der Waals surface area contributed by atoms with Crippen LogP contribution in [0, 0.1) is 11.6 Å². The number of carbonyl (C=O) groups excluding carboxylic acids is 2. The summed E-state index contributed by atoms with van der Waals surface area (Å²) in [6.45, 7) is 8.80. The molecular formula is C40H42F19NO6Si. The van der Waals surface area contributed by atoms with Gasteiger partial charge in [0, 0.05) is 25.0 Å². The molecule has 2 aromatic rings. The number of halogens is 19. The molecule has 0 aromatic heterocycles. The normalized spacial score (nSPS) is 14.6. The van der Waals surface area contributed by atoms with Crippen LogP contribution in [0.4, 0.5) is 93.9 Å². The highest BCUT2D eigenvalue weighted by Gasteiger charge is 2.95. The predicted octanol–water partition coefficient (Wildman–Crippen LogP) is 13.9. The Kier molecular flexibility index (Phi) is 18.6. The number of hydrogen-bond acceptors (Lipinski definition) is 6. The first-order chi connectivity index (χ1) is 30.3. The van der Waals surface area contributed by atoms with Crippen molar-refractivity contribution >= 4 is 26.1 Å². The second-order valence-electron chi connectivity index (χ2n) is 15.4. The van der Waals surface area contributed by atoms with Crippen LogP contribution >= 0.6 is 0 Å². The standard InChI is InChI=1S/C40H42F19NO6Si/c1-7-15-64-31(61)20-24(6)19-30(66-32(62)60-29-13-10-26(41)21-28(29)42)25-8-11-27(12-9-25)63-16-17-65-67(22(2)3,23(4)5)18-14-33(43,44)34(45,46)35(47,48)36(49,50)37(51,52)38(53,54)39(55,56)40(57,58)59/h7-13,20-23,30H,1,14-19H2,2-6H3,(H,60,62)/b24-20+/t30-/m1/s1. The van der Waals surface area contributed by atoms with Gasteiger partial charge in [0.1, 0.15) is 36.7 Å². The van der Waals surface area contributed by atoms with E-state index in [1.165, 1.54) is 65.0 Å². The fourth-order valence-electron chi connectivity index (χ4n) is 6.35. The maximum absolute atomic E-state index is 15.0. The molecule has 0 saturated carbocycles. The monoisotopic (exact) mass is 1020 g/mol. The number of benzene rings is 2. The van der Waals surface area contributed by atoms with Crippen molar-refractivity contribution < 1.29 is 112 Å². The third kappa shape index (κ3) is 12.3. The van der Waals surface area contributed by atoms with Crippen molar-refractivity contribution in [1.82, 2.24) is 0 Å². The Bertz CT molecular complexity index is 2030. The largest absolute Gasteiger partial charge is 0.491 e. The SMILES string of the molecule is C=CCOC(=O)/C=C(\C)C[C@@H](OC(=O)Nc1ccc(F)cc1F)c1ccc(OCCO[Si](CCC(F)(F)C(F)(F)C(F)(F)C(F)(F)C(F)(F)C(F)(F)C(F)(F)C(F)(F)F)(C(C)C)C(C)C)cc1. The Labute approximate surface area is 370 Å². The number of nitrogens with one attached hydrogen (secondary N) is 1. The zero-order valence-electron chi connectivity index (χ0n) is 35.5. The van der Waals surface area contributed by atoms with E-state index in [4.69, 9.17) is 18.6 Å². The lowest BCUT2D eigenvalue weighted by atomic mass is 9.88. The first kappa shape index (κ1) is 58.4. The fraction of sp³-hybridized carbons (Fsp3) is 0.550. The minimum absolute atomic E-state index is 0.0234. The van der Waals surface area contributed by atoms with Crippen molar-refractivity contribution in [2.24, 2.45) is 0 Å². The van der Waals surface area contributed by atoms with Crippen LogP contribution in [0.5, 0.6) is 5.75 Å². The van der Waals surface area contributed by atoms with Crippen molar-refractivity contribution in [2.45, 2.75) is 118 Å². The van der Waals surface area contributed by atoms with Crippen molar-refractivity contribution in [2.75, 3.05) is 25.1 Å². The van der Waals surface area contributed by atoms with Gasteiger partial charge in [0.15, 0.2) is 8.32 Å². The van der Waals surface area contributed by atoms with E-state index in [1.54, 1.807) is 0 Å². The van der Waals surface area contributed by atoms with Gasteiger partial charge < -0.3 is 18.6 Å². The minimum Gasteiger partial charge on any atom is -0.491 e. The highest BCUT2D eigenvalue weighted by Crippen LogP contribution is 2.64. The summed E-state index contributed by atoms with van der Waals surface area (Å²) in [5, 5.41) is 2.10. The summed E-state index contributed by atoms with van der Waals surface area (Å²) in [5.41, 5.74) is -1.77. The summed E-state index contributed by atoms with van der Waals surface area (Å²) in [7, 11) is -4.06. The quantitative estimate of drug-likeness (QED) is 0.0282. The third-order valence-electron chi connectivity index (χ3n) is 10.2. The molecular weight excluding hydrogens is 979 g/mol. The van der Waals surface area contributed by atoms with Gasteiger partial charge in [-0.2, -0.15) is 74.6 Å². The number of carbonyl (C=O) groups is 2. The average Bonchev–Trinajstić information content (AvgIpc) is 3.19. The Balaban J connectivity index is 2.31. The van der Waals surface area contributed by atoms with E-state index in [0.29, 0.717) is 11.6 Å². The first-order valence-electron chi connectivity index (χ1n) is 19.3. The van der Waals surface area contributed by atoms with Gasteiger partial charge in [-0.05, 0) is 53.9 Å². The number of rotatable bonds is 24. The molecule has 0 radical (unpaired) electrons. The molecule has 0 spiro atoms. The van der Waals surface area contributed by atoms with E-state index in [-0.39, 0.29) is 24.3 Å². The van der Waals surface area contributed by atoms with Crippen molar-refractivity contribution in [3.8, 4) is 5.75 Å². The Hall–Kier alpha value is -4.69. The van der Waals surface area contributed by atoms with Crippen LogP contribution in [-0.4, -0.2) is 87.8 Å². The van der Waals surface area contributed by atoms with Crippen LogP contribution in [-0.2, 0) is 18.7 Å². The summed E-state index contributed by atoms with van der Waals surface area (Å²) in [6.07, 6.45) is -10.7. The molecule has 0 aliphatic rings. The molecule has 0 aliphatic carbocycles. The fourth-order valence-corrected chi connectivity index (χ4v) is 10.8. The number of esters is 1. The lowest BCUT2D eigenvalue weighted by Crippen LogP contribution is -2.74. The van der Waals surface area contributed by atoms with E-state index in [1.807, 2.05) is 0 Å². The molecule has 380 valence electrons. The number of amides is 1. The molecule has 0 saturated heterocycles. The molecule has 1 N–H and O–H groups in total. The number of anilines is 1. The van der Waals surface area contributed by atoms with E-state index in [9.17, 15) is 93.0 Å². The second kappa shape index (κ2) is 21.3. The van der Waals surface area contributed by atoms with Crippen molar-refractivity contribution in [3.63, 3.8) is 0 Å². The molecule has 7 nitrogen and oxygen atoms in total. The molecule has 0 fully saturated rings. The maximum Gasteiger partial charge on any atom is 0.460 e. The van der Waals surface area contributed by atoms with Crippen molar-refractivity contribution in [1.29, 1.82) is 0 Å². The Morgan fingerprint density at radius 1 is 0.716 bits per heavy atom. The van der Waals surface area contributed by atoms with Crippen molar-refractivity contribution in [3.05, 3.63) is 84.0 Å². The Morgan fingerprint density at radius 2 is 1.22 bits per heavy atom. The van der Waals surface area contributed by atoms with Gasteiger partial charge in [-0.15, -0.1) is 0 Å². The zero-order chi connectivity index (χ0) is 52.0. The molecule has 2 rings (SSSR count). The summed E-state index contributed by atoms with van der Waals surface area (Å²) >= 11 is 0. The van der Waals surface area contributed by atoms with Gasteiger partial charge in [-0.3, -0.25) is 5.32 Å². The van der Waals surface area contributed by atoms with E-state index >= 15 is 0 Å². The second-order valence-corrected chi connectivity index (χ2v) is 20.4.